The maximum absolute atomic E-state index is 11.8. The Labute approximate surface area is 115 Å². The predicted octanol–water partition coefficient (Wildman–Crippen LogP) is 0.342. The van der Waals surface area contributed by atoms with Crippen LogP contribution in [-0.2, 0) is 19.6 Å². The summed E-state index contributed by atoms with van der Waals surface area (Å²) in [5, 5.41) is 2.73. The van der Waals surface area contributed by atoms with E-state index in [9.17, 15) is 13.2 Å². The third kappa shape index (κ3) is 5.46. The fourth-order valence-corrected chi connectivity index (χ4v) is 3.42. The van der Waals surface area contributed by atoms with Crippen molar-refractivity contribution in [3.8, 4) is 0 Å². The molecule has 19 heavy (non-hydrogen) atoms. The Morgan fingerprint density at radius 3 is 2.47 bits per heavy atom. The number of nitrogens with one attached hydrogen (secondary N) is 1. The average molecular weight is 292 g/mol. The molecule has 6 nitrogen and oxygen atoms in total. The summed E-state index contributed by atoms with van der Waals surface area (Å²) in [6, 6.07) is 0. The molecule has 7 heteroatoms. The molecule has 1 saturated heterocycles. The minimum Gasteiger partial charge on any atom is -0.376 e. The molecule has 1 aliphatic heterocycles. The van der Waals surface area contributed by atoms with E-state index in [1.54, 1.807) is 20.8 Å². The van der Waals surface area contributed by atoms with E-state index in [1.807, 2.05) is 0 Å². The third-order valence-electron chi connectivity index (χ3n) is 2.99. The number of amides is 1. The molecule has 0 bridgehead atoms. The van der Waals surface area contributed by atoms with Crippen molar-refractivity contribution in [1.29, 1.82) is 0 Å². The van der Waals surface area contributed by atoms with Crippen molar-refractivity contribution in [2.45, 2.75) is 45.3 Å². The first-order chi connectivity index (χ1) is 8.60. The molecule has 0 aromatic rings. The van der Waals surface area contributed by atoms with Crippen LogP contribution in [-0.4, -0.2) is 56.2 Å². The lowest BCUT2D eigenvalue weighted by atomic mass is 10.1. The van der Waals surface area contributed by atoms with Gasteiger partial charge in [-0.2, -0.15) is 4.31 Å². The van der Waals surface area contributed by atoms with Gasteiger partial charge in [0, 0.05) is 18.7 Å². The highest BCUT2D eigenvalue weighted by Gasteiger charge is 2.31. The minimum atomic E-state index is -3.41. The van der Waals surface area contributed by atoms with E-state index >= 15 is 0 Å². The quantitative estimate of drug-likeness (QED) is 0.793. The zero-order chi connectivity index (χ0) is 14.7. The molecule has 1 N–H and O–H groups in total. The average Bonchev–Trinajstić information content (AvgIpc) is 2.72. The Morgan fingerprint density at radius 2 is 2.05 bits per heavy atom. The zero-order valence-electron chi connectivity index (χ0n) is 12.1. The van der Waals surface area contributed by atoms with E-state index in [0.717, 1.165) is 25.7 Å². The first-order valence-corrected chi connectivity index (χ1v) is 8.31. The van der Waals surface area contributed by atoms with Gasteiger partial charge >= 0.3 is 0 Å². The van der Waals surface area contributed by atoms with Crippen LogP contribution in [0, 0.1) is 0 Å². The maximum Gasteiger partial charge on any atom is 0.235 e. The second kappa shape index (κ2) is 6.19. The van der Waals surface area contributed by atoms with Crippen molar-refractivity contribution in [2.75, 3.05) is 26.0 Å². The smallest absolute Gasteiger partial charge is 0.235 e. The van der Waals surface area contributed by atoms with Gasteiger partial charge in [-0.3, -0.25) is 4.79 Å². The summed E-state index contributed by atoms with van der Waals surface area (Å²) in [6.45, 7) is 6.32. The van der Waals surface area contributed by atoms with Crippen molar-refractivity contribution >= 4 is 15.9 Å². The van der Waals surface area contributed by atoms with E-state index in [-0.39, 0.29) is 18.6 Å². The Hall–Kier alpha value is -0.660. The summed E-state index contributed by atoms with van der Waals surface area (Å²) in [7, 11) is -3.41. The lowest BCUT2D eigenvalue weighted by Crippen LogP contribution is -2.50. The number of hydrogen-bond acceptors (Lipinski definition) is 4. The van der Waals surface area contributed by atoms with E-state index in [0.29, 0.717) is 6.54 Å². The van der Waals surface area contributed by atoms with Gasteiger partial charge in [-0.1, -0.05) is 0 Å². The summed E-state index contributed by atoms with van der Waals surface area (Å²) in [6.07, 6.45) is 3.13. The van der Waals surface area contributed by atoms with Gasteiger partial charge in [-0.05, 0) is 33.6 Å². The highest BCUT2D eigenvalue weighted by Crippen LogP contribution is 2.16. The van der Waals surface area contributed by atoms with Crippen LogP contribution in [0.5, 0.6) is 0 Å². The molecule has 1 amide bonds. The summed E-state index contributed by atoms with van der Waals surface area (Å²) in [5.41, 5.74) is -0.616. The molecule has 1 fully saturated rings. The molecular formula is C12H24N2O4S. The lowest BCUT2D eigenvalue weighted by Gasteiger charge is -2.32. The van der Waals surface area contributed by atoms with Crippen molar-refractivity contribution in [2.24, 2.45) is 0 Å². The topological polar surface area (TPSA) is 75.7 Å². The summed E-state index contributed by atoms with van der Waals surface area (Å²) >= 11 is 0. The highest BCUT2D eigenvalue weighted by atomic mass is 32.2. The molecular weight excluding hydrogens is 268 g/mol. The predicted molar refractivity (Wildman–Crippen MR) is 73.3 cm³/mol. The standard InChI is InChI=1S/C12H24N2O4S/c1-12(2,3)14(19(4,16)17)9-11(15)13-8-10-6-5-7-18-10/h10H,5-9H2,1-4H3,(H,13,15). The number of carbonyl (C=O) groups is 1. The summed E-state index contributed by atoms with van der Waals surface area (Å²) < 4.78 is 30.0. The molecule has 1 atom stereocenters. The summed E-state index contributed by atoms with van der Waals surface area (Å²) in [5.74, 6) is -0.296. The first-order valence-electron chi connectivity index (χ1n) is 6.47. The van der Waals surface area contributed by atoms with Gasteiger partial charge in [0.05, 0.1) is 18.9 Å². The Kier molecular flexibility index (Phi) is 5.34. The van der Waals surface area contributed by atoms with Crippen LogP contribution in [0.3, 0.4) is 0 Å². The number of carbonyl (C=O) groups excluding carboxylic acids is 1. The number of ether oxygens (including phenoxy) is 1. The third-order valence-corrected chi connectivity index (χ3v) is 4.46. The molecule has 1 unspecified atom stereocenters. The molecule has 0 aromatic carbocycles. The van der Waals surface area contributed by atoms with Crippen LogP contribution in [0.25, 0.3) is 0 Å². The van der Waals surface area contributed by atoms with Crippen molar-refractivity contribution in [3.05, 3.63) is 0 Å². The SMILES string of the molecule is CC(C)(C)N(CC(=O)NCC1CCCO1)S(C)(=O)=O. The number of hydrogen-bond donors (Lipinski definition) is 1. The van der Waals surface area contributed by atoms with Gasteiger partial charge in [0.2, 0.25) is 15.9 Å². The van der Waals surface area contributed by atoms with Crippen LogP contribution in [0.4, 0.5) is 0 Å². The van der Waals surface area contributed by atoms with Crippen LogP contribution in [0.1, 0.15) is 33.6 Å². The molecule has 0 saturated carbocycles. The highest BCUT2D eigenvalue weighted by molar-refractivity contribution is 7.88. The minimum absolute atomic E-state index is 0.0604. The van der Waals surface area contributed by atoms with Crippen LogP contribution in [0.15, 0.2) is 0 Å². The largest absolute Gasteiger partial charge is 0.376 e. The van der Waals surface area contributed by atoms with Gasteiger partial charge in [-0.15, -0.1) is 0 Å². The second-order valence-corrected chi connectivity index (χ2v) is 7.79. The molecule has 112 valence electrons. The van der Waals surface area contributed by atoms with E-state index in [4.69, 9.17) is 4.74 Å². The number of sulfonamides is 1. The Bertz CT molecular complexity index is 408. The van der Waals surface area contributed by atoms with Crippen molar-refractivity contribution in [3.63, 3.8) is 0 Å². The van der Waals surface area contributed by atoms with Crippen molar-refractivity contribution in [1.82, 2.24) is 9.62 Å². The first kappa shape index (κ1) is 16.4. The molecule has 1 aliphatic rings. The van der Waals surface area contributed by atoms with E-state index in [2.05, 4.69) is 5.32 Å². The summed E-state index contributed by atoms with van der Waals surface area (Å²) in [4.78, 5) is 11.8. The molecule has 0 aliphatic carbocycles. The molecule has 0 spiro atoms. The Balaban J connectivity index is 2.52. The van der Waals surface area contributed by atoms with Gasteiger partial charge in [0.15, 0.2) is 0 Å². The normalized spacial score (nSPS) is 20.8. The van der Waals surface area contributed by atoms with Gasteiger partial charge in [0.25, 0.3) is 0 Å². The number of nitrogens with zero attached hydrogens (tertiary/aromatic N) is 1. The van der Waals surface area contributed by atoms with Gasteiger partial charge < -0.3 is 10.1 Å². The fraction of sp³-hybridized carbons (Fsp3) is 0.917. The van der Waals surface area contributed by atoms with Crippen LogP contribution < -0.4 is 5.32 Å². The number of rotatable bonds is 5. The zero-order valence-corrected chi connectivity index (χ0v) is 12.9. The Morgan fingerprint density at radius 1 is 1.42 bits per heavy atom. The van der Waals surface area contributed by atoms with Crippen LogP contribution >= 0.6 is 0 Å². The van der Waals surface area contributed by atoms with Crippen LogP contribution in [0.2, 0.25) is 0 Å². The second-order valence-electron chi connectivity index (χ2n) is 5.88. The monoisotopic (exact) mass is 292 g/mol. The van der Waals surface area contributed by atoms with Gasteiger partial charge in [0.1, 0.15) is 0 Å². The lowest BCUT2D eigenvalue weighted by molar-refractivity contribution is -0.122. The van der Waals surface area contributed by atoms with Crippen molar-refractivity contribution < 1.29 is 17.9 Å². The molecule has 1 rings (SSSR count). The van der Waals surface area contributed by atoms with E-state index in [1.165, 1.54) is 4.31 Å². The molecule has 0 radical (unpaired) electrons. The molecule has 1 heterocycles. The van der Waals surface area contributed by atoms with Gasteiger partial charge in [-0.25, -0.2) is 8.42 Å². The maximum atomic E-state index is 11.8. The fourth-order valence-electron chi connectivity index (χ4n) is 2.07. The molecule has 0 aromatic heterocycles. The van der Waals surface area contributed by atoms with E-state index < -0.39 is 15.6 Å².